The molecule has 1 aliphatic heterocycles. The first-order chi connectivity index (χ1) is 14.6. The standard InChI is InChI=1S/C22H22ClFN2O2S2/c23-15-5-8-18(9-6-15)29-12-2-4-21(27)26(14-17-3-1-11-28-17)22-25-19-10-7-16(24)13-20(19)30-22/h5-10,13,17H,1-4,11-12,14H2. The Morgan fingerprint density at radius 3 is 2.90 bits per heavy atom. The van der Waals surface area contributed by atoms with Crippen LogP contribution < -0.4 is 4.90 Å². The predicted molar refractivity (Wildman–Crippen MR) is 122 cm³/mol. The first kappa shape index (κ1) is 21.6. The van der Waals surface area contributed by atoms with E-state index in [1.807, 2.05) is 24.3 Å². The maximum absolute atomic E-state index is 13.6. The van der Waals surface area contributed by atoms with Crippen molar-refractivity contribution in [2.24, 2.45) is 0 Å². The summed E-state index contributed by atoms with van der Waals surface area (Å²) in [4.78, 5) is 20.5. The summed E-state index contributed by atoms with van der Waals surface area (Å²) in [5.41, 5.74) is 0.708. The number of ether oxygens (including phenoxy) is 1. The number of halogens is 2. The summed E-state index contributed by atoms with van der Waals surface area (Å²) in [5, 5.41) is 1.33. The zero-order valence-electron chi connectivity index (χ0n) is 16.4. The predicted octanol–water partition coefficient (Wildman–Crippen LogP) is 6.17. The van der Waals surface area contributed by atoms with E-state index < -0.39 is 0 Å². The van der Waals surface area contributed by atoms with E-state index in [1.165, 1.54) is 23.5 Å². The summed E-state index contributed by atoms with van der Waals surface area (Å²) in [5.74, 6) is 0.572. The Hall–Kier alpha value is -1.67. The number of carbonyl (C=O) groups excluding carboxylic acids is 1. The molecular formula is C22H22ClFN2O2S2. The van der Waals surface area contributed by atoms with Crippen LogP contribution in [0.25, 0.3) is 10.2 Å². The Kier molecular flexibility index (Phi) is 7.25. The lowest BCUT2D eigenvalue weighted by atomic mass is 10.2. The normalized spacial score (nSPS) is 16.3. The van der Waals surface area contributed by atoms with E-state index >= 15 is 0 Å². The maximum atomic E-state index is 13.6. The SMILES string of the molecule is O=C(CCCSc1ccc(Cl)cc1)N(CC1CCCO1)c1nc2ccc(F)cc2s1. The number of benzene rings is 2. The van der Waals surface area contributed by atoms with Gasteiger partial charge in [-0.3, -0.25) is 9.69 Å². The van der Waals surface area contributed by atoms with Gasteiger partial charge in [0.15, 0.2) is 5.13 Å². The van der Waals surface area contributed by atoms with Gasteiger partial charge in [0.05, 0.1) is 22.9 Å². The average Bonchev–Trinajstić information content (AvgIpc) is 3.39. The van der Waals surface area contributed by atoms with E-state index in [1.54, 1.807) is 22.7 Å². The van der Waals surface area contributed by atoms with E-state index in [0.717, 1.165) is 46.2 Å². The fourth-order valence-electron chi connectivity index (χ4n) is 3.36. The molecule has 0 saturated carbocycles. The number of fused-ring (bicyclic) bond motifs is 1. The lowest BCUT2D eigenvalue weighted by Crippen LogP contribution is -2.37. The third-order valence-corrected chi connectivity index (χ3v) is 7.29. The molecule has 2 heterocycles. The molecule has 1 amide bonds. The number of hydrogen-bond acceptors (Lipinski definition) is 5. The van der Waals surface area contributed by atoms with Crippen molar-refractivity contribution in [2.75, 3.05) is 23.8 Å². The highest BCUT2D eigenvalue weighted by molar-refractivity contribution is 7.99. The van der Waals surface area contributed by atoms with Gasteiger partial charge in [0.1, 0.15) is 5.82 Å². The van der Waals surface area contributed by atoms with E-state index in [0.29, 0.717) is 23.6 Å². The fourth-order valence-corrected chi connectivity index (χ4v) is 5.36. The minimum atomic E-state index is -0.297. The van der Waals surface area contributed by atoms with Gasteiger partial charge in [-0.1, -0.05) is 22.9 Å². The van der Waals surface area contributed by atoms with Crippen LogP contribution >= 0.6 is 34.7 Å². The number of nitrogens with zero attached hydrogens (tertiary/aromatic N) is 2. The second kappa shape index (κ2) is 10.1. The van der Waals surface area contributed by atoms with Crippen molar-refractivity contribution in [1.29, 1.82) is 0 Å². The van der Waals surface area contributed by atoms with Gasteiger partial charge in [-0.05, 0) is 67.5 Å². The minimum absolute atomic E-state index is 0.0288. The monoisotopic (exact) mass is 464 g/mol. The van der Waals surface area contributed by atoms with Crippen molar-refractivity contribution >= 4 is 56.0 Å². The van der Waals surface area contributed by atoms with Crippen molar-refractivity contribution in [2.45, 2.75) is 36.7 Å². The van der Waals surface area contributed by atoms with Gasteiger partial charge >= 0.3 is 0 Å². The third kappa shape index (κ3) is 5.52. The topological polar surface area (TPSA) is 42.4 Å². The molecule has 8 heteroatoms. The summed E-state index contributed by atoms with van der Waals surface area (Å²) >= 11 is 8.98. The van der Waals surface area contributed by atoms with E-state index in [9.17, 15) is 9.18 Å². The number of aromatic nitrogens is 1. The number of rotatable bonds is 8. The van der Waals surface area contributed by atoms with Crippen molar-refractivity contribution in [3.63, 3.8) is 0 Å². The van der Waals surface area contributed by atoms with Crippen molar-refractivity contribution in [1.82, 2.24) is 4.98 Å². The minimum Gasteiger partial charge on any atom is -0.376 e. The number of anilines is 1. The van der Waals surface area contributed by atoms with E-state index in [-0.39, 0.29) is 17.8 Å². The molecule has 1 aliphatic rings. The molecule has 158 valence electrons. The van der Waals surface area contributed by atoms with Crippen LogP contribution in [0.4, 0.5) is 9.52 Å². The van der Waals surface area contributed by atoms with Crippen LogP contribution in [0, 0.1) is 5.82 Å². The number of amides is 1. The van der Waals surface area contributed by atoms with Crippen LogP contribution in [-0.4, -0.2) is 35.9 Å². The summed E-state index contributed by atoms with van der Waals surface area (Å²) in [6, 6.07) is 12.2. The van der Waals surface area contributed by atoms with Gasteiger partial charge < -0.3 is 4.74 Å². The second-order valence-electron chi connectivity index (χ2n) is 7.15. The number of thioether (sulfide) groups is 1. The first-order valence-corrected chi connectivity index (χ1v) is 12.1. The van der Waals surface area contributed by atoms with Crippen LogP contribution in [0.15, 0.2) is 47.4 Å². The molecule has 0 aliphatic carbocycles. The van der Waals surface area contributed by atoms with Gasteiger partial charge in [0, 0.05) is 22.9 Å². The van der Waals surface area contributed by atoms with Crippen molar-refractivity contribution < 1.29 is 13.9 Å². The molecular weight excluding hydrogens is 443 g/mol. The molecule has 1 saturated heterocycles. The molecule has 30 heavy (non-hydrogen) atoms. The Bertz CT molecular complexity index is 1010. The van der Waals surface area contributed by atoms with Crippen LogP contribution in [0.2, 0.25) is 5.02 Å². The first-order valence-electron chi connectivity index (χ1n) is 9.95. The van der Waals surface area contributed by atoms with Crippen LogP contribution in [0.5, 0.6) is 0 Å². The average molecular weight is 465 g/mol. The van der Waals surface area contributed by atoms with Crippen LogP contribution in [-0.2, 0) is 9.53 Å². The van der Waals surface area contributed by atoms with Gasteiger partial charge in [-0.15, -0.1) is 11.8 Å². The van der Waals surface area contributed by atoms with Crippen LogP contribution in [0.3, 0.4) is 0 Å². The van der Waals surface area contributed by atoms with Crippen LogP contribution in [0.1, 0.15) is 25.7 Å². The number of thiazole rings is 1. The molecule has 0 spiro atoms. The molecule has 3 aromatic rings. The zero-order chi connectivity index (χ0) is 20.9. The smallest absolute Gasteiger partial charge is 0.228 e. The molecule has 1 atom stereocenters. The fraction of sp³-hybridized carbons (Fsp3) is 0.364. The van der Waals surface area contributed by atoms with Gasteiger partial charge in [0.2, 0.25) is 5.91 Å². The number of carbonyl (C=O) groups is 1. The molecule has 1 fully saturated rings. The highest BCUT2D eigenvalue weighted by Gasteiger charge is 2.26. The lowest BCUT2D eigenvalue weighted by molar-refractivity contribution is -0.119. The third-order valence-electron chi connectivity index (χ3n) is 4.90. The quantitative estimate of drug-likeness (QED) is 0.295. The molecule has 0 radical (unpaired) electrons. The Morgan fingerprint density at radius 1 is 1.30 bits per heavy atom. The zero-order valence-corrected chi connectivity index (χ0v) is 18.7. The highest BCUT2D eigenvalue weighted by Crippen LogP contribution is 2.31. The highest BCUT2D eigenvalue weighted by atomic mass is 35.5. The molecule has 4 rings (SSSR count). The lowest BCUT2D eigenvalue weighted by Gasteiger charge is -2.23. The Labute approximate surface area is 188 Å². The number of hydrogen-bond donors (Lipinski definition) is 0. The molecule has 2 aromatic carbocycles. The van der Waals surface area contributed by atoms with Gasteiger partial charge in [-0.25, -0.2) is 9.37 Å². The van der Waals surface area contributed by atoms with Crippen molar-refractivity contribution in [3.05, 3.63) is 53.3 Å². The summed E-state index contributed by atoms with van der Waals surface area (Å²) in [6.45, 7) is 1.22. The maximum Gasteiger partial charge on any atom is 0.228 e. The Morgan fingerprint density at radius 2 is 2.13 bits per heavy atom. The summed E-state index contributed by atoms with van der Waals surface area (Å²) in [7, 11) is 0. The second-order valence-corrected chi connectivity index (χ2v) is 9.77. The summed E-state index contributed by atoms with van der Waals surface area (Å²) < 4.78 is 20.1. The molecule has 0 N–H and O–H groups in total. The van der Waals surface area contributed by atoms with Crippen molar-refractivity contribution in [3.8, 4) is 0 Å². The Balaban J connectivity index is 1.41. The molecule has 1 aromatic heterocycles. The molecule has 0 bridgehead atoms. The molecule has 4 nitrogen and oxygen atoms in total. The summed E-state index contributed by atoms with van der Waals surface area (Å²) in [6.07, 6.45) is 3.16. The largest absolute Gasteiger partial charge is 0.376 e. The van der Waals surface area contributed by atoms with Gasteiger partial charge in [-0.2, -0.15) is 0 Å². The van der Waals surface area contributed by atoms with E-state index in [4.69, 9.17) is 16.3 Å². The van der Waals surface area contributed by atoms with Gasteiger partial charge in [0.25, 0.3) is 0 Å². The van der Waals surface area contributed by atoms with E-state index in [2.05, 4.69) is 4.98 Å². The molecule has 1 unspecified atom stereocenters.